The second kappa shape index (κ2) is 9.27. The van der Waals surface area contributed by atoms with E-state index in [9.17, 15) is 14.4 Å². The quantitative estimate of drug-likeness (QED) is 0.265. The van der Waals surface area contributed by atoms with E-state index in [-0.39, 0.29) is 21.4 Å². The maximum Gasteiger partial charge on any atom is 0.343 e. The Labute approximate surface area is 204 Å². The van der Waals surface area contributed by atoms with Crippen LogP contribution in [0.5, 0.6) is 5.75 Å². The minimum Gasteiger partial charge on any atom is -0.423 e. The number of anilines is 2. The van der Waals surface area contributed by atoms with Gasteiger partial charge in [0.2, 0.25) is 0 Å². The number of carbonyl (C=O) groups is 3. The Morgan fingerprint density at radius 1 is 0.909 bits per heavy atom. The zero-order valence-corrected chi connectivity index (χ0v) is 19.3. The van der Waals surface area contributed by atoms with Gasteiger partial charge in [-0.1, -0.05) is 53.0 Å². The molecule has 4 rings (SSSR count). The lowest BCUT2D eigenvalue weighted by Gasteiger charge is -2.17. The summed E-state index contributed by atoms with van der Waals surface area (Å²) in [6.45, 7) is 1.84. The molecular weight excluding hydrogens is 487 g/mol. The molecule has 2 amide bonds. The van der Waals surface area contributed by atoms with E-state index in [0.717, 1.165) is 10.5 Å². The van der Waals surface area contributed by atoms with E-state index < -0.39 is 17.8 Å². The molecule has 3 aromatic carbocycles. The molecule has 6 nitrogen and oxygen atoms in total. The Morgan fingerprint density at radius 2 is 1.61 bits per heavy atom. The van der Waals surface area contributed by atoms with Crippen molar-refractivity contribution in [3.8, 4) is 5.75 Å². The number of carbonyl (C=O) groups excluding carboxylic acids is 3. The minimum atomic E-state index is -0.730. The molecule has 0 radical (unpaired) electrons. The lowest BCUT2D eigenvalue weighted by atomic mass is 10.2. The van der Waals surface area contributed by atoms with Crippen molar-refractivity contribution in [3.05, 3.63) is 98.6 Å². The summed E-state index contributed by atoms with van der Waals surface area (Å²) in [7, 11) is 0. The van der Waals surface area contributed by atoms with Gasteiger partial charge in [0.1, 0.15) is 16.5 Å². The van der Waals surface area contributed by atoms with E-state index >= 15 is 0 Å². The maximum absolute atomic E-state index is 12.9. The molecule has 0 aromatic heterocycles. The second-order valence-corrected chi connectivity index (χ2v) is 8.31. The van der Waals surface area contributed by atoms with Crippen molar-refractivity contribution < 1.29 is 19.1 Å². The third kappa shape index (κ3) is 4.59. The van der Waals surface area contributed by atoms with Crippen LogP contribution >= 0.6 is 34.8 Å². The fourth-order valence-corrected chi connectivity index (χ4v) is 3.73. The predicted molar refractivity (Wildman–Crippen MR) is 128 cm³/mol. The van der Waals surface area contributed by atoms with Crippen molar-refractivity contribution in [1.82, 2.24) is 0 Å². The van der Waals surface area contributed by atoms with Crippen molar-refractivity contribution in [1.29, 1.82) is 0 Å². The summed E-state index contributed by atoms with van der Waals surface area (Å²) in [5, 5.41) is 3.02. The van der Waals surface area contributed by atoms with Crippen LogP contribution in [0.1, 0.15) is 15.9 Å². The number of imide groups is 1. The van der Waals surface area contributed by atoms with Crippen molar-refractivity contribution in [2.75, 3.05) is 10.2 Å². The van der Waals surface area contributed by atoms with E-state index in [0.29, 0.717) is 22.0 Å². The van der Waals surface area contributed by atoms with Gasteiger partial charge in [-0.15, -0.1) is 0 Å². The molecule has 0 aliphatic carbocycles. The SMILES string of the molecule is Cc1ccccc1OC(=O)c1ccc(NC2=C(Cl)C(=O)N(c3cc(Cl)ccc3Cl)C2=O)cc1. The first-order valence-electron chi connectivity index (χ1n) is 9.65. The van der Waals surface area contributed by atoms with E-state index in [1.54, 1.807) is 24.3 Å². The Bertz CT molecular complexity index is 1320. The normalized spacial score (nSPS) is 13.5. The van der Waals surface area contributed by atoms with Gasteiger partial charge >= 0.3 is 5.97 Å². The number of hydrogen-bond acceptors (Lipinski definition) is 5. The van der Waals surface area contributed by atoms with Crippen LogP contribution < -0.4 is 15.0 Å². The van der Waals surface area contributed by atoms with Gasteiger partial charge in [-0.25, -0.2) is 9.69 Å². The molecule has 166 valence electrons. The van der Waals surface area contributed by atoms with E-state index in [1.165, 1.54) is 30.3 Å². The molecule has 0 atom stereocenters. The lowest BCUT2D eigenvalue weighted by Crippen LogP contribution is -2.32. The second-order valence-electron chi connectivity index (χ2n) is 7.09. The Balaban J connectivity index is 1.51. The molecule has 3 aromatic rings. The molecule has 9 heteroatoms. The number of halogens is 3. The smallest absolute Gasteiger partial charge is 0.343 e. The van der Waals surface area contributed by atoms with Crippen LogP contribution in [-0.2, 0) is 9.59 Å². The topological polar surface area (TPSA) is 75.7 Å². The number of nitrogens with zero attached hydrogens (tertiary/aromatic N) is 1. The number of ether oxygens (including phenoxy) is 1. The highest BCUT2D eigenvalue weighted by atomic mass is 35.5. The summed E-state index contributed by atoms with van der Waals surface area (Å²) in [5.74, 6) is -1.47. The molecule has 0 fully saturated rings. The molecule has 0 spiro atoms. The zero-order valence-electron chi connectivity index (χ0n) is 17.1. The summed E-state index contributed by atoms with van der Waals surface area (Å²) in [4.78, 5) is 38.8. The average Bonchev–Trinajstić information content (AvgIpc) is 3.00. The van der Waals surface area contributed by atoms with Gasteiger partial charge in [0.15, 0.2) is 0 Å². The zero-order chi connectivity index (χ0) is 23.7. The third-order valence-electron chi connectivity index (χ3n) is 4.86. The molecule has 1 N–H and O–H groups in total. The van der Waals surface area contributed by atoms with Gasteiger partial charge in [-0.05, 0) is 61.0 Å². The Kier molecular flexibility index (Phi) is 6.42. The number of nitrogens with one attached hydrogen (secondary N) is 1. The fraction of sp³-hybridized carbons (Fsp3) is 0.0417. The first kappa shape index (κ1) is 22.9. The van der Waals surface area contributed by atoms with Crippen LogP contribution in [0.15, 0.2) is 77.5 Å². The number of para-hydroxylation sites is 1. The van der Waals surface area contributed by atoms with Gasteiger partial charge in [0.25, 0.3) is 11.8 Å². The van der Waals surface area contributed by atoms with Gasteiger partial charge in [0.05, 0.1) is 16.3 Å². The molecule has 33 heavy (non-hydrogen) atoms. The summed E-state index contributed by atoms with van der Waals surface area (Å²) >= 11 is 18.3. The van der Waals surface area contributed by atoms with Gasteiger partial charge in [0, 0.05) is 10.7 Å². The van der Waals surface area contributed by atoms with E-state index in [4.69, 9.17) is 39.5 Å². The third-order valence-corrected chi connectivity index (χ3v) is 5.77. The van der Waals surface area contributed by atoms with E-state index in [1.807, 2.05) is 19.1 Å². The first-order chi connectivity index (χ1) is 15.8. The van der Waals surface area contributed by atoms with Crippen LogP contribution in [-0.4, -0.2) is 17.8 Å². The maximum atomic E-state index is 12.9. The van der Waals surface area contributed by atoms with Gasteiger partial charge < -0.3 is 10.1 Å². The predicted octanol–water partition coefficient (Wildman–Crippen LogP) is 5.96. The number of esters is 1. The summed E-state index contributed by atoms with van der Waals surface area (Å²) in [6.07, 6.45) is 0. The monoisotopic (exact) mass is 500 g/mol. The standard InChI is InChI=1S/C24H15Cl3N2O4/c1-13-4-2-3-5-19(13)33-24(32)14-6-9-16(10-7-14)28-21-20(27)22(30)29(23(21)31)18-12-15(25)8-11-17(18)26/h2-12,28H,1H3. The number of benzene rings is 3. The average molecular weight is 502 g/mol. The number of aryl methyl sites for hydroxylation is 1. The van der Waals surface area contributed by atoms with Gasteiger partial charge in [-0.3, -0.25) is 9.59 Å². The minimum absolute atomic E-state index is 0.118. The molecular formula is C24H15Cl3N2O4. The highest BCUT2D eigenvalue weighted by molar-refractivity contribution is 6.54. The molecule has 0 saturated heterocycles. The molecule has 1 aliphatic rings. The number of amides is 2. The van der Waals surface area contributed by atoms with Crippen LogP contribution in [0.4, 0.5) is 11.4 Å². The highest BCUT2D eigenvalue weighted by Crippen LogP contribution is 2.35. The largest absolute Gasteiger partial charge is 0.423 e. The lowest BCUT2D eigenvalue weighted by molar-refractivity contribution is -0.120. The van der Waals surface area contributed by atoms with Crippen molar-refractivity contribution in [2.24, 2.45) is 0 Å². The van der Waals surface area contributed by atoms with Crippen LogP contribution in [0.2, 0.25) is 10.0 Å². The molecule has 1 heterocycles. The van der Waals surface area contributed by atoms with Crippen LogP contribution in [0.3, 0.4) is 0 Å². The summed E-state index contributed by atoms with van der Waals surface area (Å²) in [6, 6.07) is 17.8. The highest BCUT2D eigenvalue weighted by Gasteiger charge is 2.40. The van der Waals surface area contributed by atoms with Crippen LogP contribution in [0, 0.1) is 6.92 Å². The molecule has 0 bridgehead atoms. The Morgan fingerprint density at radius 3 is 2.30 bits per heavy atom. The number of hydrogen-bond donors (Lipinski definition) is 1. The van der Waals surface area contributed by atoms with Crippen molar-refractivity contribution in [2.45, 2.75) is 6.92 Å². The molecule has 1 aliphatic heterocycles. The van der Waals surface area contributed by atoms with Crippen molar-refractivity contribution >= 4 is 64.0 Å². The van der Waals surface area contributed by atoms with E-state index in [2.05, 4.69) is 5.32 Å². The summed E-state index contributed by atoms with van der Waals surface area (Å²) in [5.41, 5.74) is 1.59. The van der Waals surface area contributed by atoms with Gasteiger partial charge in [-0.2, -0.15) is 0 Å². The number of rotatable bonds is 5. The first-order valence-corrected chi connectivity index (χ1v) is 10.8. The summed E-state index contributed by atoms with van der Waals surface area (Å²) < 4.78 is 5.42. The van der Waals surface area contributed by atoms with Crippen molar-refractivity contribution in [3.63, 3.8) is 0 Å². The fourth-order valence-electron chi connectivity index (χ4n) is 3.15. The van der Waals surface area contributed by atoms with Crippen LogP contribution in [0.25, 0.3) is 0 Å². The molecule has 0 saturated carbocycles. The molecule has 0 unspecified atom stereocenters. The Hall–Kier alpha value is -3.32.